The van der Waals surface area contributed by atoms with Crippen LogP contribution in [0.25, 0.3) is 0 Å². The first-order valence-electron chi connectivity index (χ1n) is 8.01. The standard InChI is InChI=1S/C18H26ClN3O/c1-17(2)10-5-11-18(3,4)22(17)16(23)13-6-8-14(9-7-13)21-15(20)12-19/h6-9H,5,10-12H2,1-4H3,(H2,20,21). The highest BCUT2D eigenvalue weighted by molar-refractivity contribution is 6.28. The summed E-state index contributed by atoms with van der Waals surface area (Å²) in [6, 6.07) is 7.22. The highest BCUT2D eigenvalue weighted by atomic mass is 35.5. The van der Waals surface area contributed by atoms with Crippen LogP contribution in [0.2, 0.25) is 0 Å². The molecule has 1 amide bonds. The van der Waals surface area contributed by atoms with Crippen LogP contribution >= 0.6 is 11.6 Å². The maximum Gasteiger partial charge on any atom is 0.254 e. The number of aliphatic imine (C=N–C) groups is 1. The fourth-order valence-electron chi connectivity index (χ4n) is 3.55. The summed E-state index contributed by atoms with van der Waals surface area (Å²) in [5, 5.41) is 0. The molecule has 0 unspecified atom stereocenters. The number of amides is 1. The Morgan fingerprint density at radius 2 is 1.70 bits per heavy atom. The molecule has 4 nitrogen and oxygen atoms in total. The van der Waals surface area contributed by atoms with Crippen LogP contribution < -0.4 is 5.73 Å². The fourth-order valence-corrected chi connectivity index (χ4v) is 3.61. The van der Waals surface area contributed by atoms with Crippen LogP contribution in [0.15, 0.2) is 29.3 Å². The zero-order chi connectivity index (χ0) is 17.3. The van der Waals surface area contributed by atoms with E-state index in [1.165, 1.54) is 0 Å². The third kappa shape index (κ3) is 3.86. The molecule has 1 aromatic carbocycles. The number of likely N-dealkylation sites (tertiary alicyclic amines) is 1. The van der Waals surface area contributed by atoms with Gasteiger partial charge in [-0.15, -0.1) is 11.6 Å². The van der Waals surface area contributed by atoms with E-state index in [9.17, 15) is 4.79 Å². The molecule has 5 heteroatoms. The molecule has 1 fully saturated rings. The van der Waals surface area contributed by atoms with Crippen molar-refractivity contribution < 1.29 is 4.79 Å². The van der Waals surface area contributed by atoms with Crippen LogP contribution in [0.4, 0.5) is 5.69 Å². The molecule has 126 valence electrons. The van der Waals surface area contributed by atoms with Crippen molar-refractivity contribution in [1.29, 1.82) is 0 Å². The highest BCUT2D eigenvalue weighted by Gasteiger charge is 2.44. The van der Waals surface area contributed by atoms with Crippen molar-refractivity contribution in [2.45, 2.75) is 58.0 Å². The van der Waals surface area contributed by atoms with Crippen LogP contribution in [-0.2, 0) is 0 Å². The van der Waals surface area contributed by atoms with Crippen molar-refractivity contribution in [2.75, 3.05) is 5.88 Å². The molecular formula is C18H26ClN3O. The van der Waals surface area contributed by atoms with E-state index in [-0.39, 0.29) is 22.9 Å². The minimum atomic E-state index is -0.140. The van der Waals surface area contributed by atoms with Gasteiger partial charge in [-0.05, 0) is 71.2 Å². The van der Waals surface area contributed by atoms with E-state index in [1.807, 2.05) is 17.0 Å². The third-order valence-electron chi connectivity index (χ3n) is 4.51. The van der Waals surface area contributed by atoms with Crippen LogP contribution in [-0.4, -0.2) is 33.6 Å². The van der Waals surface area contributed by atoms with Crippen molar-refractivity contribution >= 4 is 29.0 Å². The number of carbonyl (C=O) groups excluding carboxylic acids is 1. The lowest BCUT2D eigenvalue weighted by molar-refractivity contribution is -0.0111. The van der Waals surface area contributed by atoms with Crippen molar-refractivity contribution in [3.05, 3.63) is 29.8 Å². The van der Waals surface area contributed by atoms with Crippen LogP contribution in [0.1, 0.15) is 57.3 Å². The number of benzene rings is 1. The van der Waals surface area contributed by atoms with Crippen molar-refractivity contribution in [2.24, 2.45) is 10.7 Å². The van der Waals surface area contributed by atoms with Gasteiger partial charge in [-0.2, -0.15) is 0 Å². The SMILES string of the molecule is CC1(C)CCCC(C)(C)N1C(=O)c1ccc(N=C(N)CCl)cc1. The van der Waals surface area contributed by atoms with E-state index in [0.717, 1.165) is 19.3 Å². The van der Waals surface area contributed by atoms with Gasteiger partial charge in [-0.3, -0.25) is 4.79 Å². The zero-order valence-corrected chi connectivity index (χ0v) is 15.2. The third-order valence-corrected chi connectivity index (χ3v) is 4.79. The molecule has 0 spiro atoms. The number of hydrogen-bond acceptors (Lipinski definition) is 2. The number of rotatable bonds is 3. The second-order valence-corrected chi connectivity index (χ2v) is 7.67. The van der Waals surface area contributed by atoms with Crippen LogP contribution in [0.3, 0.4) is 0 Å². The summed E-state index contributed by atoms with van der Waals surface area (Å²) in [6.07, 6.45) is 3.20. The minimum absolute atomic E-state index is 0.0699. The minimum Gasteiger partial charge on any atom is -0.386 e. The first-order valence-corrected chi connectivity index (χ1v) is 8.54. The number of nitrogens with zero attached hydrogens (tertiary/aromatic N) is 2. The van der Waals surface area contributed by atoms with E-state index in [1.54, 1.807) is 12.1 Å². The molecule has 2 N–H and O–H groups in total. The van der Waals surface area contributed by atoms with Gasteiger partial charge in [-0.1, -0.05) is 0 Å². The molecule has 0 saturated carbocycles. The summed E-state index contributed by atoms with van der Waals surface area (Å²) in [4.78, 5) is 19.3. The monoisotopic (exact) mass is 335 g/mol. The molecular weight excluding hydrogens is 310 g/mol. The van der Waals surface area contributed by atoms with Gasteiger partial charge >= 0.3 is 0 Å². The molecule has 1 heterocycles. The summed E-state index contributed by atoms with van der Waals surface area (Å²) in [7, 11) is 0. The Labute approximate surface area is 143 Å². The van der Waals surface area contributed by atoms with Gasteiger partial charge in [-0.25, -0.2) is 4.99 Å². The Bertz CT molecular complexity index is 589. The van der Waals surface area contributed by atoms with Crippen LogP contribution in [0.5, 0.6) is 0 Å². The molecule has 0 atom stereocenters. The average molecular weight is 336 g/mol. The van der Waals surface area contributed by atoms with Gasteiger partial charge in [0.1, 0.15) is 5.84 Å². The molecule has 0 bridgehead atoms. The highest BCUT2D eigenvalue weighted by Crippen LogP contribution is 2.39. The molecule has 23 heavy (non-hydrogen) atoms. The Kier molecular flexibility index (Phi) is 5.04. The average Bonchev–Trinajstić information content (AvgIpc) is 2.45. The first kappa shape index (κ1) is 17.8. The number of carbonyl (C=O) groups is 1. The number of piperidine rings is 1. The lowest BCUT2D eigenvalue weighted by atomic mass is 9.79. The Morgan fingerprint density at radius 1 is 1.17 bits per heavy atom. The Hall–Kier alpha value is -1.55. The number of amidine groups is 1. The molecule has 2 rings (SSSR count). The van der Waals surface area contributed by atoms with Gasteiger partial charge in [0, 0.05) is 16.6 Å². The van der Waals surface area contributed by atoms with Gasteiger partial charge in [0.25, 0.3) is 5.91 Å². The van der Waals surface area contributed by atoms with E-state index in [4.69, 9.17) is 17.3 Å². The van der Waals surface area contributed by atoms with E-state index in [0.29, 0.717) is 17.1 Å². The van der Waals surface area contributed by atoms with E-state index >= 15 is 0 Å². The lowest BCUT2D eigenvalue weighted by Gasteiger charge is -2.53. The van der Waals surface area contributed by atoms with Crippen molar-refractivity contribution in [1.82, 2.24) is 4.90 Å². The van der Waals surface area contributed by atoms with Gasteiger partial charge < -0.3 is 10.6 Å². The summed E-state index contributed by atoms with van der Waals surface area (Å²) in [6.45, 7) is 8.58. The van der Waals surface area contributed by atoms with E-state index in [2.05, 4.69) is 32.7 Å². The predicted octanol–water partition coefficient (Wildman–Crippen LogP) is 4.10. The zero-order valence-electron chi connectivity index (χ0n) is 14.4. The normalized spacial score (nSPS) is 20.4. The predicted molar refractivity (Wildman–Crippen MR) is 96.6 cm³/mol. The summed E-state index contributed by atoms with van der Waals surface area (Å²) < 4.78 is 0. The second kappa shape index (κ2) is 6.52. The molecule has 1 aliphatic heterocycles. The van der Waals surface area contributed by atoms with Crippen molar-refractivity contribution in [3.8, 4) is 0 Å². The Morgan fingerprint density at radius 3 is 2.17 bits per heavy atom. The largest absolute Gasteiger partial charge is 0.386 e. The number of halogens is 1. The molecule has 0 aliphatic carbocycles. The molecule has 1 aliphatic rings. The number of nitrogens with two attached hydrogens (primary N) is 1. The Balaban J connectivity index is 2.29. The van der Waals surface area contributed by atoms with Gasteiger partial charge in [0.05, 0.1) is 11.6 Å². The maximum atomic E-state index is 13.1. The fraction of sp³-hybridized carbons (Fsp3) is 0.556. The lowest BCUT2D eigenvalue weighted by Crippen LogP contribution is -2.60. The number of hydrogen-bond donors (Lipinski definition) is 1. The second-order valence-electron chi connectivity index (χ2n) is 7.40. The van der Waals surface area contributed by atoms with Gasteiger partial charge in [0.2, 0.25) is 0 Å². The van der Waals surface area contributed by atoms with Crippen LogP contribution in [0, 0.1) is 0 Å². The summed E-state index contributed by atoms with van der Waals surface area (Å²) in [5.74, 6) is 0.626. The molecule has 0 radical (unpaired) electrons. The summed E-state index contributed by atoms with van der Waals surface area (Å²) >= 11 is 5.63. The molecule has 1 saturated heterocycles. The quantitative estimate of drug-likeness (QED) is 0.513. The van der Waals surface area contributed by atoms with E-state index < -0.39 is 0 Å². The molecule has 1 aromatic rings. The van der Waals surface area contributed by atoms with Gasteiger partial charge in [0.15, 0.2) is 0 Å². The topological polar surface area (TPSA) is 58.7 Å². The smallest absolute Gasteiger partial charge is 0.254 e. The van der Waals surface area contributed by atoms with Crippen molar-refractivity contribution in [3.63, 3.8) is 0 Å². The number of alkyl halides is 1. The summed E-state index contributed by atoms with van der Waals surface area (Å²) in [5.41, 5.74) is 6.74. The first-order chi connectivity index (χ1) is 10.7. The maximum absolute atomic E-state index is 13.1. The molecule has 0 aromatic heterocycles.